The van der Waals surface area contributed by atoms with Gasteiger partial charge >= 0.3 is 0 Å². The van der Waals surface area contributed by atoms with E-state index in [1.54, 1.807) is 18.3 Å². The third-order valence-corrected chi connectivity index (χ3v) is 4.36. The van der Waals surface area contributed by atoms with Crippen molar-refractivity contribution in [1.29, 1.82) is 0 Å². The van der Waals surface area contributed by atoms with Crippen LogP contribution in [0.15, 0.2) is 42.6 Å². The number of amides is 1. The Morgan fingerprint density at radius 3 is 2.88 bits per heavy atom. The van der Waals surface area contributed by atoms with Crippen molar-refractivity contribution in [3.05, 3.63) is 64.0 Å². The standard InChI is InChI=1S/C18H21N5O3/c1-12(15-4-2-3-8-20-15)21-16-6-5-13(10-17(16)23(25)26)18(24)22-14-7-9-19-11-14/h2-6,8,10,12,14,19,21H,7,9,11H2,1H3,(H,22,24). The van der Waals surface area contributed by atoms with Crippen molar-refractivity contribution in [2.45, 2.75) is 25.4 Å². The Morgan fingerprint density at radius 2 is 2.23 bits per heavy atom. The molecule has 0 spiro atoms. The number of carbonyl (C=O) groups is 1. The molecule has 1 fully saturated rings. The van der Waals surface area contributed by atoms with Crippen molar-refractivity contribution in [2.24, 2.45) is 0 Å². The molecular formula is C18H21N5O3. The smallest absolute Gasteiger partial charge is 0.293 e. The average molecular weight is 355 g/mol. The quantitative estimate of drug-likeness (QED) is 0.542. The van der Waals surface area contributed by atoms with Crippen LogP contribution in [0.25, 0.3) is 0 Å². The molecule has 1 amide bonds. The van der Waals surface area contributed by atoms with E-state index < -0.39 is 4.92 Å². The summed E-state index contributed by atoms with van der Waals surface area (Å²) in [6, 6.07) is 9.85. The zero-order valence-electron chi connectivity index (χ0n) is 14.4. The van der Waals surface area contributed by atoms with Crippen LogP contribution in [0.3, 0.4) is 0 Å². The fraction of sp³-hybridized carbons (Fsp3) is 0.333. The van der Waals surface area contributed by atoms with Crippen molar-refractivity contribution in [3.63, 3.8) is 0 Å². The van der Waals surface area contributed by atoms with Gasteiger partial charge in [0.1, 0.15) is 5.69 Å². The van der Waals surface area contributed by atoms with E-state index in [1.807, 2.05) is 25.1 Å². The molecular weight excluding hydrogens is 334 g/mol. The second kappa shape index (κ2) is 7.92. The number of nitro groups is 1. The molecule has 136 valence electrons. The predicted octanol–water partition coefficient (Wildman–Crippen LogP) is 2.25. The molecule has 2 aromatic rings. The normalized spacial score (nSPS) is 17.5. The monoisotopic (exact) mass is 355 g/mol. The van der Waals surface area contributed by atoms with Crippen LogP contribution in [0.4, 0.5) is 11.4 Å². The molecule has 1 aliphatic rings. The first kappa shape index (κ1) is 17.8. The zero-order chi connectivity index (χ0) is 18.5. The SMILES string of the molecule is CC(Nc1ccc(C(=O)NC2CCNC2)cc1[N+](=O)[O-])c1ccccn1. The van der Waals surface area contributed by atoms with E-state index >= 15 is 0 Å². The Hall–Kier alpha value is -3.00. The minimum absolute atomic E-state index is 0.0588. The van der Waals surface area contributed by atoms with Gasteiger partial charge in [0.15, 0.2) is 0 Å². The van der Waals surface area contributed by atoms with Crippen LogP contribution in [0.5, 0.6) is 0 Å². The number of aromatic nitrogens is 1. The number of rotatable bonds is 6. The minimum atomic E-state index is -0.485. The number of anilines is 1. The summed E-state index contributed by atoms with van der Waals surface area (Å²) in [5, 5.41) is 20.6. The van der Waals surface area contributed by atoms with Crippen molar-refractivity contribution in [2.75, 3.05) is 18.4 Å². The number of pyridine rings is 1. The molecule has 0 aliphatic carbocycles. The lowest BCUT2D eigenvalue weighted by Gasteiger charge is -2.16. The molecule has 3 rings (SSSR count). The van der Waals surface area contributed by atoms with E-state index in [4.69, 9.17) is 0 Å². The van der Waals surface area contributed by atoms with Crippen LogP contribution in [-0.2, 0) is 0 Å². The van der Waals surface area contributed by atoms with Gasteiger partial charge in [-0.15, -0.1) is 0 Å². The van der Waals surface area contributed by atoms with Gasteiger partial charge in [-0.2, -0.15) is 0 Å². The average Bonchev–Trinajstić information content (AvgIpc) is 3.15. The van der Waals surface area contributed by atoms with Crippen molar-refractivity contribution >= 4 is 17.3 Å². The molecule has 0 saturated carbocycles. The first-order valence-electron chi connectivity index (χ1n) is 8.52. The molecule has 0 radical (unpaired) electrons. The summed E-state index contributed by atoms with van der Waals surface area (Å²) in [5.41, 5.74) is 1.27. The highest BCUT2D eigenvalue weighted by Crippen LogP contribution is 2.29. The number of carbonyl (C=O) groups excluding carboxylic acids is 1. The number of nitro benzene ring substituents is 1. The summed E-state index contributed by atoms with van der Waals surface area (Å²) >= 11 is 0. The van der Waals surface area contributed by atoms with Crippen LogP contribution in [0.1, 0.15) is 35.4 Å². The van der Waals surface area contributed by atoms with Crippen LogP contribution in [0, 0.1) is 10.1 Å². The fourth-order valence-electron chi connectivity index (χ4n) is 2.93. The van der Waals surface area contributed by atoms with Gasteiger partial charge in [-0.25, -0.2) is 0 Å². The Kier molecular flexibility index (Phi) is 5.43. The van der Waals surface area contributed by atoms with Crippen LogP contribution >= 0.6 is 0 Å². The minimum Gasteiger partial charge on any atom is -0.371 e. The molecule has 1 aromatic heterocycles. The summed E-state index contributed by atoms with van der Waals surface area (Å²) in [7, 11) is 0. The maximum atomic E-state index is 12.3. The Balaban J connectivity index is 1.78. The molecule has 1 aliphatic heterocycles. The van der Waals surface area contributed by atoms with E-state index in [0.717, 1.165) is 25.2 Å². The van der Waals surface area contributed by atoms with Crippen molar-refractivity contribution in [1.82, 2.24) is 15.6 Å². The first-order chi connectivity index (χ1) is 12.5. The molecule has 0 bridgehead atoms. The summed E-state index contributed by atoms with van der Waals surface area (Å²) in [5.74, 6) is -0.300. The second-order valence-corrected chi connectivity index (χ2v) is 6.27. The Labute approximate surface area is 151 Å². The molecule has 8 nitrogen and oxygen atoms in total. The van der Waals surface area contributed by atoms with E-state index in [0.29, 0.717) is 5.69 Å². The largest absolute Gasteiger partial charge is 0.371 e. The molecule has 1 aromatic carbocycles. The molecule has 26 heavy (non-hydrogen) atoms. The highest BCUT2D eigenvalue weighted by atomic mass is 16.6. The fourth-order valence-corrected chi connectivity index (χ4v) is 2.93. The van der Waals surface area contributed by atoms with E-state index in [9.17, 15) is 14.9 Å². The van der Waals surface area contributed by atoms with Gasteiger partial charge in [-0.05, 0) is 44.2 Å². The van der Waals surface area contributed by atoms with Gasteiger partial charge in [-0.3, -0.25) is 19.9 Å². The zero-order valence-corrected chi connectivity index (χ0v) is 14.4. The summed E-state index contributed by atoms with van der Waals surface area (Å²) < 4.78 is 0. The van der Waals surface area contributed by atoms with E-state index in [2.05, 4.69) is 20.9 Å². The predicted molar refractivity (Wildman–Crippen MR) is 98.1 cm³/mol. The molecule has 2 heterocycles. The van der Waals surface area contributed by atoms with Gasteiger partial charge < -0.3 is 16.0 Å². The highest BCUT2D eigenvalue weighted by molar-refractivity contribution is 5.96. The lowest BCUT2D eigenvalue weighted by atomic mass is 10.1. The number of benzene rings is 1. The summed E-state index contributed by atoms with van der Waals surface area (Å²) in [4.78, 5) is 27.6. The number of hydrogen-bond acceptors (Lipinski definition) is 6. The van der Waals surface area contributed by atoms with Gasteiger partial charge in [0.25, 0.3) is 11.6 Å². The Morgan fingerprint density at radius 1 is 1.38 bits per heavy atom. The number of nitrogens with zero attached hydrogens (tertiary/aromatic N) is 2. The maximum absolute atomic E-state index is 12.3. The number of nitrogens with one attached hydrogen (secondary N) is 3. The molecule has 2 atom stereocenters. The maximum Gasteiger partial charge on any atom is 0.293 e. The van der Waals surface area contributed by atoms with Crippen molar-refractivity contribution in [3.8, 4) is 0 Å². The first-order valence-corrected chi connectivity index (χ1v) is 8.52. The third-order valence-electron chi connectivity index (χ3n) is 4.36. The van der Waals surface area contributed by atoms with Gasteiger partial charge in [0, 0.05) is 30.4 Å². The summed E-state index contributed by atoms with van der Waals surface area (Å²) in [6.07, 6.45) is 2.53. The van der Waals surface area contributed by atoms with Gasteiger partial charge in [0.2, 0.25) is 0 Å². The third kappa shape index (κ3) is 4.15. The molecule has 3 N–H and O–H groups in total. The molecule has 1 saturated heterocycles. The lowest BCUT2D eigenvalue weighted by molar-refractivity contribution is -0.384. The highest BCUT2D eigenvalue weighted by Gasteiger charge is 2.22. The molecule has 8 heteroatoms. The topological polar surface area (TPSA) is 109 Å². The van der Waals surface area contributed by atoms with Crippen LogP contribution < -0.4 is 16.0 Å². The summed E-state index contributed by atoms with van der Waals surface area (Å²) in [6.45, 7) is 3.45. The van der Waals surface area contributed by atoms with Crippen LogP contribution in [0.2, 0.25) is 0 Å². The van der Waals surface area contributed by atoms with Gasteiger partial charge in [-0.1, -0.05) is 6.07 Å². The van der Waals surface area contributed by atoms with Gasteiger partial charge in [0.05, 0.1) is 16.7 Å². The van der Waals surface area contributed by atoms with E-state index in [1.165, 1.54) is 6.07 Å². The van der Waals surface area contributed by atoms with Crippen molar-refractivity contribution < 1.29 is 9.72 Å². The molecule has 2 unspecified atom stereocenters. The Bertz CT molecular complexity index is 791. The second-order valence-electron chi connectivity index (χ2n) is 6.27. The lowest BCUT2D eigenvalue weighted by Crippen LogP contribution is -2.36. The van der Waals surface area contributed by atoms with E-state index in [-0.39, 0.29) is 29.2 Å². The number of hydrogen-bond donors (Lipinski definition) is 3. The van der Waals surface area contributed by atoms with Crippen LogP contribution in [-0.4, -0.2) is 34.9 Å².